The molecule has 0 saturated carbocycles. The fourth-order valence-electron chi connectivity index (χ4n) is 1.71. The monoisotopic (exact) mass is 301 g/mol. The third-order valence-corrected chi connectivity index (χ3v) is 3.74. The fraction of sp³-hybridized carbons (Fsp3) is 0.417. The minimum absolute atomic E-state index is 0.0731. The van der Waals surface area contributed by atoms with Gasteiger partial charge in [0.1, 0.15) is 6.04 Å². The molecule has 0 aliphatic carbocycles. The van der Waals surface area contributed by atoms with Crippen molar-refractivity contribution in [3.05, 3.63) is 17.7 Å². The molecule has 0 heterocycles. The van der Waals surface area contributed by atoms with Gasteiger partial charge in [-0.05, 0) is 38.5 Å². The summed E-state index contributed by atoms with van der Waals surface area (Å²) in [6.07, 6.45) is 0. The van der Waals surface area contributed by atoms with Crippen LogP contribution in [0, 0.1) is 6.92 Å². The van der Waals surface area contributed by atoms with Crippen LogP contribution in [0.1, 0.15) is 19.4 Å². The Bertz CT molecular complexity index is 613. The van der Waals surface area contributed by atoms with Crippen molar-refractivity contribution < 1.29 is 17.9 Å². The number of esters is 1. The van der Waals surface area contributed by atoms with E-state index in [2.05, 4.69) is 5.32 Å². The van der Waals surface area contributed by atoms with Gasteiger partial charge in [0.2, 0.25) is 10.0 Å². The second-order valence-electron chi connectivity index (χ2n) is 4.35. The summed E-state index contributed by atoms with van der Waals surface area (Å²) in [5.41, 5.74) is 6.72. The second-order valence-corrected chi connectivity index (χ2v) is 5.88. The summed E-state index contributed by atoms with van der Waals surface area (Å²) in [6, 6.07) is 2.19. The molecule has 0 aromatic heterocycles. The number of anilines is 2. The Balaban J connectivity index is 3.14. The number of sulfonamides is 1. The van der Waals surface area contributed by atoms with Gasteiger partial charge < -0.3 is 15.8 Å². The Morgan fingerprint density at radius 3 is 2.55 bits per heavy atom. The standard InChI is InChI=1S/C12H19N3O4S/c1-4-19-12(16)8(3)15-10-5-9(13)6-11(7(10)2)20(14,17)18/h5-6,8,15H,4,13H2,1-3H3,(H2,14,17,18). The van der Waals surface area contributed by atoms with E-state index >= 15 is 0 Å². The lowest BCUT2D eigenvalue weighted by atomic mass is 10.1. The van der Waals surface area contributed by atoms with Gasteiger partial charge in [0.25, 0.3) is 0 Å². The van der Waals surface area contributed by atoms with Crippen molar-refractivity contribution in [2.45, 2.75) is 31.7 Å². The number of nitrogens with one attached hydrogen (secondary N) is 1. The summed E-state index contributed by atoms with van der Waals surface area (Å²) in [5, 5.41) is 8.00. The molecule has 1 unspecified atom stereocenters. The van der Waals surface area contributed by atoms with Crippen LogP contribution in [0.3, 0.4) is 0 Å². The molecule has 0 bridgehead atoms. The van der Waals surface area contributed by atoms with E-state index in [9.17, 15) is 13.2 Å². The molecule has 1 rings (SSSR count). The number of hydrogen-bond acceptors (Lipinski definition) is 6. The lowest BCUT2D eigenvalue weighted by Crippen LogP contribution is -2.29. The highest BCUT2D eigenvalue weighted by molar-refractivity contribution is 7.89. The second kappa shape index (κ2) is 6.10. The van der Waals surface area contributed by atoms with Crippen LogP contribution in [0.25, 0.3) is 0 Å². The third-order valence-electron chi connectivity index (χ3n) is 2.70. The topological polar surface area (TPSA) is 125 Å². The smallest absolute Gasteiger partial charge is 0.328 e. The number of benzene rings is 1. The first-order valence-corrected chi connectivity index (χ1v) is 7.57. The van der Waals surface area contributed by atoms with Gasteiger partial charge in [0.05, 0.1) is 11.5 Å². The number of primary sulfonamides is 1. The zero-order chi connectivity index (χ0) is 15.5. The van der Waals surface area contributed by atoms with Crippen LogP contribution in [-0.4, -0.2) is 27.0 Å². The number of carbonyl (C=O) groups excluding carboxylic acids is 1. The maximum atomic E-state index is 11.6. The largest absolute Gasteiger partial charge is 0.464 e. The molecule has 1 aromatic rings. The molecule has 7 nitrogen and oxygen atoms in total. The van der Waals surface area contributed by atoms with Crippen LogP contribution in [0.4, 0.5) is 11.4 Å². The zero-order valence-corrected chi connectivity index (χ0v) is 12.5. The Morgan fingerprint density at radius 1 is 1.45 bits per heavy atom. The van der Waals surface area contributed by atoms with Gasteiger partial charge in [-0.3, -0.25) is 0 Å². The number of carbonyl (C=O) groups is 1. The molecule has 5 N–H and O–H groups in total. The Kier molecular flexibility index (Phi) is 4.96. The predicted octanol–water partition coefficient (Wildman–Crippen LogP) is 0.588. The van der Waals surface area contributed by atoms with Crippen LogP contribution in [-0.2, 0) is 19.6 Å². The summed E-state index contributed by atoms with van der Waals surface area (Å²) in [7, 11) is -3.88. The molecule has 0 fully saturated rings. The highest BCUT2D eigenvalue weighted by Gasteiger charge is 2.19. The highest BCUT2D eigenvalue weighted by Crippen LogP contribution is 2.26. The van der Waals surface area contributed by atoms with Gasteiger partial charge >= 0.3 is 5.97 Å². The maximum Gasteiger partial charge on any atom is 0.328 e. The van der Waals surface area contributed by atoms with E-state index in [4.69, 9.17) is 15.6 Å². The molecule has 20 heavy (non-hydrogen) atoms. The first-order chi connectivity index (χ1) is 9.16. The van der Waals surface area contributed by atoms with Crippen LogP contribution in [0.15, 0.2) is 17.0 Å². The molecule has 1 atom stereocenters. The quantitative estimate of drug-likeness (QED) is 0.540. The van der Waals surface area contributed by atoms with E-state index in [1.54, 1.807) is 26.8 Å². The molecule has 0 aliphatic heterocycles. The lowest BCUT2D eigenvalue weighted by molar-refractivity contribution is -0.143. The van der Waals surface area contributed by atoms with Crippen molar-refractivity contribution in [1.82, 2.24) is 0 Å². The van der Waals surface area contributed by atoms with E-state index in [-0.39, 0.29) is 17.2 Å². The van der Waals surface area contributed by atoms with E-state index in [0.29, 0.717) is 11.3 Å². The fourth-order valence-corrected chi connectivity index (χ4v) is 2.55. The molecule has 0 radical (unpaired) electrons. The van der Waals surface area contributed by atoms with Crippen molar-refractivity contribution in [2.24, 2.45) is 5.14 Å². The van der Waals surface area contributed by atoms with Crippen LogP contribution in [0.2, 0.25) is 0 Å². The van der Waals surface area contributed by atoms with Crippen LogP contribution in [0.5, 0.6) is 0 Å². The van der Waals surface area contributed by atoms with Gasteiger partial charge in [-0.15, -0.1) is 0 Å². The molecule has 0 saturated heterocycles. The minimum atomic E-state index is -3.88. The third kappa shape index (κ3) is 3.84. The maximum absolute atomic E-state index is 11.6. The molecule has 8 heteroatoms. The van der Waals surface area contributed by atoms with E-state index in [1.807, 2.05) is 0 Å². The Labute approximate surface area is 118 Å². The predicted molar refractivity (Wildman–Crippen MR) is 76.7 cm³/mol. The van der Waals surface area contributed by atoms with Gasteiger partial charge in [-0.1, -0.05) is 0 Å². The SMILES string of the molecule is CCOC(=O)C(C)Nc1cc(N)cc(S(N)(=O)=O)c1C. The number of ether oxygens (including phenoxy) is 1. The first kappa shape index (κ1) is 16.3. The van der Waals surface area contributed by atoms with E-state index in [0.717, 1.165) is 0 Å². The van der Waals surface area contributed by atoms with Crippen molar-refractivity contribution >= 4 is 27.4 Å². The van der Waals surface area contributed by atoms with Crippen LogP contribution >= 0.6 is 0 Å². The lowest BCUT2D eigenvalue weighted by Gasteiger charge is -2.17. The highest BCUT2D eigenvalue weighted by atomic mass is 32.2. The normalized spacial score (nSPS) is 12.8. The molecule has 0 aliphatic rings. The first-order valence-electron chi connectivity index (χ1n) is 6.03. The Morgan fingerprint density at radius 2 is 2.05 bits per heavy atom. The van der Waals surface area contributed by atoms with Crippen LogP contribution < -0.4 is 16.2 Å². The van der Waals surface area contributed by atoms with Gasteiger partial charge in [0.15, 0.2) is 0 Å². The summed E-state index contributed by atoms with van der Waals surface area (Å²) < 4.78 is 27.8. The van der Waals surface area contributed by atoms with E-state index < -0.39 is 22.0 Å². The molecular weight excluding hydrogens is 282 g/mol. The number of nitrogens with two attached hydrogens (primary N) is 2. The number of rotatable bonds is 5. The molecule has 1 aromatic carbocycles. The van der Waals surface area contributed by atoms with Crippen molar-refractivity contribution in [3.8, 4) is 0 Å². The van der Waals surface area contributed by atoms with Gasteiger partial charge in [-0.2, -0.15) is 0 Å². The van der Waals surface area contributed by atoms with Gasteiger partial charge in [-0.25, -0.2) is 18.4 Å². The molecular formula is C12H19N3O4S. The Hall–Kier alpha value is -1.80. The average molecular weight is 301 g/mol. The summed E-state index contributed by atoms with van der Waals surface area (Å²) in [4.78, 5) is 11.5. The summed E-state index contributed by atoms with van der Waals surface area (Å²) >= 11 is 0. The number of hydrogen-bond donors (Lipinski definition) is 3. The molecule has 112 valence electrons. The summed E-state index contributed by atoms with van der Waals surface area (Å²) in [5.74, 6) is -0.438. The van der Waals surface area contributed by atoms with E-state index in [1.165, 1.54) is 6.07 Å². The van der Waals surface area contributed by atoms with Crippen molar-refractivity contribution in [3.63, 3.8) is 0 Å². The van der Waals surface area contributed by atoms with Gasteiger partial charge in [0, 0.05) is 11.4 Å². The minimum Gasteiger partial charge on any atom is -0.464 e. The van der Waals surface area contributed by atoms with Crippen molar-refractivity contribution in [1.29, 1.82) is 0 Å². The summed E-state index contributed by atoms with van der Waals surface area (Å²) in [6.45, 7) is 5.16. The average Bonchev–Trinajstić information content (AvgIpc) is 2.32. The molecule has 0 amide bonds. The number of nitrogen functional groups attached to an aromatic ring is 1. The zero-order valence-electron chi connectivity index (χ0n) is 11.6. The van der Waals surface area contributed by atoms with Crippen molar-refractivity contribution in [2.75, 3.05) is 17.7 Å². The molecule has 0 spiro atoms.